The van der Waals surface area contributed by atoms with Crippen LogP contribution in [-0.4, -0.2) is 13.6 Å². The Labute approximate surface area is 134 Å². The molecule has 0 saturated carbocycles. The lowest BCUT2D eigenvalue weighted by molar-refractivity contribution is 0.628. The van der Waals surface area contributed by atoms with Gasteiger partial charge in [0.2, 0.25) is 0 Å². The molecule has 0 aliphatic heterocycles. The third kappa shape index (κ3) is 3.29. The van der Waals surface area contributed by atoms with Gasteiger partial charge in [0.25, 0.3) is 0 Å². The third-order valence-electron chi connectivity index (χ3n) is 3.82. The van der Waals surface area contributed by atoms with Crippen LogP contribution < -0.4 is 5.32 Å². The van der Waals surface area contributed by atoms with Crippen molar-refractivity contribution in [3.8, 4) is 0 Å². The normalized spacial score (nSPS) is 12.7. The van der Waals surface area contributed by atoms with Crippen LogP contribution in [0, 0.1) is 0 Å². The summed E-state index contributed by atoms with van der Waals surface area (Å²) in [5.41, 5.74) is 2.77. The van der Waals surface area contributed by atoms with Crippen LogP contribution in [0.25, 0.3) is 10.1 Å². The van der Waals surface area contributed by atoms with E-state index in [0.29, 0.717) is 5.92 Å². The molecule has 0 amide bonds. The van der Waals surface area contributed by atoms with E-state index in [0.717, 1.165) is 18.0 Å². The van der Waals surface area contributed by atoms with Crippen LogP contribution in [0.2, 0.25) is 5.02 Å². The van der Waals surface area contributed by atoms with Crippen molar-refractivity contribution < 1.29 is 0 Å². The van der Waals surface area contributed by atoms with Gasteiger partial charge in [0.15, 0.2) is 0 Å². The van der Waals surface area contributed by atoms with E-state index < -0.39 is 0 Å². The standard InChI is InChI=1S/C18H18ClNS/c1-20-11-14(13-6-8-16(19)9-7-13)10-15-12-21-18-5-3-2-4-17(15)18/h2-9,12,14,20H,10-11H2,1H3. The summed E-state index contributed by atoms with van der Waals surface area (Å²) < 4.78 is 1.37. The fourth-order valence-corrected chi connectivity index (χ4v) is 3.85. The molecule has 1 unspecified atom stereocenters. The first-order chi connectivity index (χ1) is 10.3. The number of fused-ring (bicyclic) bond motifs is 1. The zero-order valence-corrected chi connectivity index (χ0v) is 13.5. The Hall–Kier alpha value is -1.35. The van der Waals surface area contributed by atoms with Crippen molar-refractivity contribution in [3.63, 3.8) is 0 Å². The Morgan fingerprint density at radius 1 is 1.10 bits per heavy atom. The van der Waals surface area contributed by atoms with Gasteiger partial charge in [-0.1, -0.05) is 41.9 Å². The lowest BCUT2D eigenvalue weighted by Crippen LogP contribution is -2.19. The van der Waals surface area contributed by atoms with E-state index in [1.807, 2.05) is 30.5 Å². The molecule has 0 spiro atoms. The molecule has 0 aliphatic carbocycles. The zero-order chi connectivity index (χ0) is 14.7. The van der Waals surface area contributed by atoms with Gasteiger partial charge in [-0.2, -0.15) is 0 Å². The lowest BCUT2D eigenvalue weighted by atomic mass is 9.92. The largest absolute Gasteiger partial charge is 0.319 e. The van der Waals surface area contributed by atoms with Crippen molar-refractivity contribution in [1.29, 1.82) is 0 Å². The summed E-state index contributed by atoms with van der Waals surface area (Å²) in [5.74, 6) is 0.463. The van der Waals surface area contributed by atoms with Gasteiger partial charge in [0.1, 0.15) is 0 Å². The SMILES string of the molecule is CNCC(Cc1csc2ccccc12)c1ccc(Cl)cc1. The maximum atomic E-state index is 6.00. The number of thiophene rings is 1. The average molecular weight is 316 g/mol. The van der Waals surface area contributed by atoms with Gasteiger partial charge in [-0.3, -0.25) is 0 Å². The Bertz CT molecular complexity index is 717. The molecule has 0 saturated heterocycles. The number of halogens is 1. The maximum absolute atomic E-state index is 6.00. The number of nitrogens with one attached hydrogen (secondary N) is 1. The topological polar surface area (TPSA) is 12.0 Å². The molecular formula is C18H18ClNS. The molecule has 3 rings (SSSR count). The molecule has 1 N–H and O–H groups in total. The highest BCUT2D eigenvalue weighted by Gasteiger charge is 2.14. The predicted molar refractivity (Wildman–Crippen MR) is 93.6 cm³/mol. The van der Waals surface area contributed by atoms with Gasteiger partial charge in [-0.15, -0.1) is 11.3 Å². The number of rotatable bonds is 5. The summed E-state index contributed by atoms with van der Waals surface area (Å²) in [5, 5.41) is 7.79. The summed E-state index contributed by atoms with van der Waals surface area (Å²) >= 11 is 7.83. The van der Waals surface area contributed by atoms with Crippen LogP contribution in [-0.2, 0) is 6.42 Å². The number of hydrogen-bond acceptors (Lipinski definition) is 2. The van der Waals surface area contributed by atoms with E-state index >= 15 is 0 Å². The fourth-order valence-electron chi connectivity index (χ4n) is 2.75. The average Bonchev–Trinajstić information content (AvgIpc) is 2.91. The van der Waals surface area contributed by atoms with Gasteiger partial charge in [0, 0.05) is 22.2 Å². The van der Waals surface area contributed by atoms with Gasteiger partial charge in [-0.05, 0) is 53.6 Å². The minimum atomic E-state index is 0.463. The van der Waals surface area contributed by atoms with Gasteiger partial charge >= 0.3 is 0 Å². The van der Waals surface area contributed by atoms with Crippen molar-refractivity contribution >= 4 is 33.0 Å². The molecule has 108 valence electrons. The molecule has 1 nitrogen and oxygen atoms in total. The highest BCUT2D eigenvalue weighted by atomic mass is 35.5. The Morgan fingerprint density at radius 3 is 2.62 bits per heavy atom. The van der Waals surface area contributed by atoms with E-state index in [9.17, 15) is 0 Å². The van der Waals surface area contributed by atoms with Crippen LogP contribution in [0.3, 0.4) is 0 Å². The molecule has 2 aromatic carbocycles. The molecule has 0 fully saturated rings. The van der Waals surface area contributed by atoms with Crippen molar-refractivity contribution in [2.45, 2.75) is 12.3 Å². The van der Waals surface area contributed by atoms with Crippen LogP contribution in [0.15, 0.2) is 53.9 Å². The molecular weight excluding hydrogens is 298 g/mol. The van der Waals surface area contributed by atoms with Gasteiger partial charge in [0.05, 0.1) is 0 Å². The number of likely N-dealkylation sites (N-methyl/N-ethyl adjacent to an activating group) is 1. The van der Waals surface area contributed by atoms with Crippen molar-refractivity contribution in [2.75, 3.05) is 13.6 Å². The molecule has 21 heavy (non-hydrogen) atoms. The lowest BCUT2D eigenvalue weighted by Gasteiger charge is -2.17. The molecule has 3 heteroatoms. The van der Waals surface area contributed by atoms with Crippen LogP contribution in [0.5, 0.6) is 0 Å². The van der Waals surface area contributed by atoms with Crippen LogP contribution in [0.1, 0.15) is 17.0 Å². The van der Waals surface area contributed by atoms with E-state index in [4.69, 9.17) is 11.6 Å². The first-order valence-electron chi connectivity index (χ1n) is 7.13. The molecule has 0 bridgehead atoms. The predicted octanol–water partition coefficient (Wildman–Crippen LogP) is 5.10. The molecule has 1 aromatic heterocycles. The first kappa shape index (κ1) is 14.6. The highest BCUT2D eigenvalue weighted by Crippen LogP contribution is 2.30. The number of hydrogen-bond donors (Lipinski definition) is 1. The van der Waals surface area contributed by atoms with E-state index in [2.05, 4.69) is 47.1 Å². The Morgan fingerprint density at radius 2 is 1.86 bits per heavy atom. The molecule has 0 aliphatic rings. The Kier molecular flexibility index (Phi) is 4.59. The van der Waals surface area contributed by atoms with Crippen molar-refractivity contribution in [2.24, 2.45) is 0 Å². The van der Waals surface area contributed by atoms with Gasteiger partial charge in [-0.25, -0.2) is 0 Å². The summed E-state index contributed by atoms with van der Waals surface area (Å²) in [6.07, 6.45) is 1.05. The molecule has 0 radical (unpaired) electrons. The second-order valence-corrected chi connectivity index (χ2v) is 6.62. The molecule has 1 atom stereocenters. The molecule has 3 aromatic rings. The van der Waals surface area contributed by atoms with Crippen LogP contribution >= 0.6 is 22.9 Å². The summed E-state index contributed by atoms with van der Waals surface area (Å²) in [6.45, 7) is 0.964. The van der Waals surface area contributed by atoms with Crippen molar-refractivity contribution in [1.82, 2.24) is 5.32 Å². The zero-order valence-electron chi connectivity index (χ0n) is 12.0. The Balaban J connectivity index is 1.89. The summed E-state index contributed by atoms with van der Waals surface area (Å²) in [4.78, 5) is 0. The second-order valence-electron chi connectivity index (χ2n) is 5.27. The quantitative estimate of drug-likeness (QED) is 0.690. The smallest absolute Gasteiger partial charge is 0.0406 e. The van der Waals surface area contributed by atoms with Gasteiger partial charge < -0.3 is 5.32 Å². The van der Waals surface area contributed by atoms with E-state index in [1.165, 1.54) is 21.2 Å². The maximum Gasteiger partial charge on any atom is 0.0406 e. The molecule has 1 heterocycles. The third-order valence-corrected chi connectivity index (χ3v) is 5.08. The summed E-state index contributed by atoms with van der Waals surface area (Å²) in [6, 6.07) is 16.9. The van der Waals surface area contributed by atoms with E-state index in [-0.39, 0.29) is 0 Å². The fraction of sp³-hybridized carbons (Fsp3) is 0.222. The monoisotopic (exact) mass is 315 g/mol. The minimum Gasteiger partial charge on any atom is -0.319 e. The number of benzene rings is 2. The minimum absolute atomic E-state index is 0.463. The second kappa shape index (κ2) is 6.61. The van der Waals surface area contributed by atoms with Crippen molar-refractivity contribution in [3.05, 3.63) is 70.1 Å². The highest BCUT2D eigenvalue weighted by molar-refractivity contribution is 7.17. The van der Waals surface area contributed by atoms with E-state index in [1.54, 1.807) is 0 Å². The summed E-state index contributed by atoms with van der Waals surface area (Å²) in [7, 11) is 2.01. The van der Waals surface area contributed by atoms with Crippen LogP contribution in [0.4, 0.5) is 0 Å². The first-order valence-corrected chi connectivity index (χ1v) is 8.39.